The van der Waals surface area contributed by atoms with Gasteiger partial charge in [0.15, 0.2) is 5.75 Å². The summed E-state index contributed by atoms with van der Waals surface area (Å²) in [7, 11) is 2.64. The first-order valence-electron chi connectivity index (χ1n) is 8.18. The average molecular weight is 350 g/mol. The van der Waals surface area contributed by atoms with Gasteiger partial charge in [-0.3, -0.25) is 19.7 Å². The lowest BCUT2D eigenvalue weighted by atomic mass is 10.1. The normalized spacial score (nSPS) is 14.2. The number of amides is 1. The third-order valence-corrected chi connectivity index (χ3v) is 4.43. The van der Waals surface area contributed by atoms with Gasteiger partial charge in [-0.2, -0.15) is 0 Å². The predicted octanol–water partition coefficient (Wildman–Crippen LogP) is 2.55. The molecule has 1 aromatic rings. The van der Waals surface area contributed by atoms with E-state index < -0.39 is 10.9 Å². The van der Waals surface area contributed by atoms with Crippen LogP contribution in [0, 0.1) is 10.1 Å². The molecule has 0 atom stereocenters. The molecular weight excluding hydrogens is 328 g/mol. The summed E-state index contributed by atoms with van der Waals surface area (Å²) in [5.41, 5.74) is -0.0445. The van der Waals surface area contributed by atoms with Gasteiger partial charge in [0.2, 0.25) is 0 Å². The zero-order chi connectivity index (χ0) is 18.4. The highest BCUT2D eigenvalue weighted by Crippen LogP contribution is 2.30. The van der Waals surface area contributed by atoms with Crippen LogP contribution in [-0.2, 0) is 9.53 Å². The minimum Gasteiger partial charge on any atom is -0.490 e. The highest BCUT2D eigenvalue weighted by Gasteiger charge is 2.29. The number of hydrogen-bond donors (Lipinski definition) is 0. The van der Waals surface area contributed by atoms with Crippen molar-refractivity contribution in [1.82, 2.24) is 4.90 Å². The van der Waals surface area contributed by atoms with E-state index in [9.17, 15) is 19.7 Å². The highest BCUT2D eigenvalue weighted by molar-refractivity contribution is 5.95. The summed E-state index contributed by atoms with van der Waals surface area (Å²) < 4.78 is 9.61. The lowest BCUT2D eigenvalue weighted by molar-refractivity contribution is -0.385. The minimum absolute atomic E-state index is 0.0401. The van der Waals surface area contributed by atoms with Crippen LogP contribution < -0.4 is 4.74 Å². The number of nitro groups is 1. The van der Waals surface area contributed by atoms with E-state index in [2.05, 4.69) is 4.74 Å². The monoisotopic (exact) mass is 350 g/mol. The number of esters is 1. The van der Waals surface area contributed by atoms with Gasteiger partial charge in [-0.15, -0.1) is 0 Å². The molecule has 1 aromatic carbocycles. The Balaban J connectivity index is 2.27. The number of benzene rings is 1. The van der Waals surface area contributed by atoms with E-state index in [0.717, 1.165) is 25.7 Å². The molecule has 8 nitrogen and oxygen atoms in total. The van der Waals surface area contributed by atoms with Gasteiger partial charge in [-0.1, -0.05) is 12.8 Å². The van der Waals surface area contributed by atoms with Gasteiger partial charge < -0.3 is 14.4 Å². The maximum absolute atomic E-state index is 12.9. The molecule has 0 aromatic heterocycles. The number of rotatable bonds is 7. The fourth-order valence-electron chi connectivity index (χ4n) is 3.11. The fraction of sp³-hybridized carbons (Fsp3) is 0.529. The van der Waals surface area contributed by atoms with Crippen LogP contribution in [0.3, 0.4) is 0 Å². The second-order valence-electron chi connectivity index (χ2n) is 5.91. The second-order valence-corrected chi connectivity index (χ2v) is 5.91. The largest absolute Gasteiger partial charge is 0.490 e. The molecule has 0 unspecified atom stereocenters. The number of nitrogens with zero attached hydrogens (tertiary/aromatic N) is 2. The van der Waals surface area contributed by atoms with Crippen LogP contribution in [-0.4, -0.2) is 48.5 Å². The van der Waals surface area contributed by atoms with Gasteiger partial charge in [0.05, 0.1) is 25.6 Å². The van der Waals surface area contributed by atoms with E-state index in [1.807, 2.05) is 0 Å². The SMILES string of the molecule is COC(=O)CCN(C(=O)c1ccc(OC)c([N+](=O)[O-])c1)C1CCCC1. The lowest BCUT2D eigenvalue weighted by Crippen LogP contribution is -2.40. The quantitative estimate of drug-likeness (QED) is 0.426. The van der Waals surface area contributed by atoms with Crippen LogP contribution in [0.2, 0.25) is 0 Å². The summed E-state index contributed by atoms with van der Waals surface area (Å²) in [5.74, 6) is -0.610. The molecule has 1 aliphatic carbocycles. The maximum Gasteiger partial charge on any atom is 0.311 e. The molecule has 0 bridgehead atoms. The number of hydrogen-bond acceptors (Lipinski definition) is 6. The molecule has 0 saturated heterocycles. The Kier molecular flexibility index (Phi) is 6.32. The van der Waals surface area contributed by atoms with E-state index in [0.29, 0.717) is 0 Å². The first-order chi connectivity index (χ1) is 12.0. The number of methoxy groups -OCH3 is 2. The Hall–Kier alpha value is -2.64. The van der Waals surface area contributed by atoms with Gasteiger partial charge in [-0.05, 0) is 25.0 Å². The van der Waals surface area contributed by atoms with Crippen molar-refractivity contribution < 1.29 is 24.0 Å². The Morgan fingerprint density at radius 3 is 2.52 bits per heavy atom. The fourth-order valence-corrected chi connectivity index (χ4v) is 3.11. The van der Waals surface area contributed by atoms with Crippen LogP contribution in [0.15, 0.2) is 18.2 Å². The van der Waals surface area contributed by atoms with Crippen molar-refractivity contribution in [2.24, 2.45) is 0 Å². The molecule has 2 rings (SSSR count). The molecule has 0 aliphatic heterocycles. The zero-order valence-corrected chi connectivity index (χ0v) is 14.4. The topological polar surface area (TPSA) is 99.0 Å². The molecule has 0 radical (unpaired) electrons. The van der Waals surface area contributed by atoms with Crippen molar-refractivity contribution >= 4 is 17.6 Å². The van der Waals surface area contributed by atoms with E-state index in [4.69, 9.17) is 4.74 Å². The number of ether oxygens (including phenoxy) is 2. The molecular formula is C17H22N2O6. The summed E-state index contributed by atoms with van der Waals surface area (Å²) in [6.45, 7) is 0.232. The Morgan fingerprint density at radius 2 is 1.96 bits per heavy atom. The van der Waals surface area contributed by atoms with Crippen molar-refractivity contribution in [3.8, 4) is 5.75 Å². The summed E-state index contributed by atoms with van der Waals surface area (Å²) in [6, 6.07) is 4.19. The molecule has 0 heterocycles. The van der Waals surface area contributed by atoms with Crippen LogP contribution in [0.4, 0.5) is 5.69 Å². The smallest absolute Gasteiger partial charge is 0.311 e. The summed E-state index contributed by atoms with van der Waals surface area (Å²) in [6.07, 6.45) is 3.87. The van der Waals surface area contributed by atoms with Gasteiger partial charge in [0, 0.05) is 24.2 Å². The van der Waals surface area contributed by atoms with Crippen molar-refractivity contribution in [3.63, 3.8) is 0 Å². The molecule has 1 amide bonds. The molecule has 0 spiro atoms. The summed E-state index contributed by atoms with van der Waals surface area (Å²) >= 11 is 0. The molecule has 1 saturated carbocycles. The first kappa shape index (κ1) is 18.7. The molecule has 136 valence electrons. The van der Waals surface area contributed by atoms with Crippen molar-refractivity contribution in [2.75, 3.05) is 20.8 Å². The third-order valence-electron chi connectivity index (χ3n) is 4.43. The maximum atomic E-state index is 12.9. The molecule has 0 N–H and O–H groups in total. The number of nitro benzene ring substituents is 1. The van der Waals surface area contributed by atoms with Crippen molar-refractivity contribution in [3.05, 3.63) is 33.9 Å². The van der Waals surface area contributed by atoms with Gasteiger partial charge in [0.1, 0.15) is 0 Å². The van der Waals surface area contributed by atoms with Gasteiger partial charge in [-0.25, -0.2) is 0 Å². The minimum atomic E-state index is -0.579. The lowest BCUT2D eigenvalue weighted by Gasteiger charge is -2.28. The van der Waals surface area contributed by atoms with Crippen LogP contribution >= 0.6 is 0 Å². The van der Waals surface area contributed by atoms with Crippen LogP contribution in [0.25, 0.3) is 0 Å². The molecule has 8 heteroatoms. The predicted molar refractivity (Wildman–Crippen MR) is 89.6 cm³/mol. The highest BCUT2D eigenvalue weighted by atomic mass is 16.6. The van der Waals surface area contributed by atoms with Crippen molar-refractivity contribution in [1.29, 1.82) is 0 Å². The Bertz CT molecular complexity index is 655. The Labute approximate surface area is 145 Å². The Morgan fingerprint density at radius 1 is 1.28 bits per heavy atom. The van der Waals surface area contributed by atoms with Gasteiger partial charge in [0.25, 0.3) is 5.91 Å². The van der Waals surface area contributed by atoms with E-state index in [-0.39, 0.29) is 41.9 Å². The molecule has 1 aliphatic rings. The first-order valence-corrected chi connectivity index (χ1v) is 8.18. The number of carbonyl (C=O) groups is 2. The standard InChI is InChI=1S/C17H22N2O6/c1-24-15-8-7-12(11-14(15)19(22)23)17(21)18(10-9-16(20)25-2)13-5-3-4-6-13/h7-8,11,13H,3-6,9-10H2,1-2H3. The van der Waals surface area contributed by atoms with Gasteiger partial charge >= 0.3 is 11.7 Å². The third kappa shape index (κ3) is 4.46. The average Bonchev–Trinajstić information content (AvgIpc) is 3.15. The number of carbonyl (C=O) groups excluding carboxylic acids is 2. The van der Waals surface area contributed by atoms with E-state index in [1.165, 1.54) is 32.4 Å². The zero-order valence-electron chi connectivity index (χ0n) is 14.4. The summed E-state index contributed by atoms with van der Waals surface area (Å²) in [5, 5.41) is 11.2. The van der Waals surface area contributed by atoms with Crippen LogP contribution in [0.5, 0.6) is 5.75 Å². The van der Waals surface area contributed by atoms with Crippen LogP contribution in [0.1, 0.15) is 42.5 Å². The second kappa shape index (κ2) is 8.46. The van der Waals surface area contributed by atoms with E-state index >= 15 is 0 Å². The molecule has 25 heavy (non-hydrogen) atoms. The summed E-state index contributed by atoms with van der Waals surface area (Å²) in [4.78, 5) is 36.6. The van der Waals surface area contributed by atoms with Crippen molar-refractivity contribution in [2.45, 2.75) is 38.1 Å². The molecule has 1 fully saturated rings. The van der Waals surface area contributed by atoms with E-state index in [1.54, 1.807) is 4.90 Å².